The summed E-state index contributed by atoms with van der Waals surface area (Å²) in [5.41, 5.74) is 7.94. The molecule has 4 atom stereocenters. The summed E-state index contributed by atoms with van der Waals surface area (Å²) in [5, 5.41) is 4.72. The number of aromatic nitrogens is 3. The Labute approximate surface area is 183 Å². The number of likely N-dealkylation sites (tertiary alicyclic amines) is 1. The Bertz CT molecular complexity index is 998. The standard InChI is InChI=1S/C22H27F4N5O/c1-11(2)31-17(8-16(29-31)12-5-18(32-21(23)24)20(27)28-9-12)19-14-6-13(7-15(14)19)30-4-3-22(25,26)10-30/h5,8-9,11,13-15,19,21H,3-4,6-7,10H2,1-2H3,(H2,27,28)/t13?,14-,15+,19?. The fraction of sp³-hybridized carbons (Fsp3) is 0.636. The Morgan fingerprint density at radius 2 is 1.91 bits per heavy atom. The molecule has 3 aliphatic rings. The van der Waals surface area contributed by atoms with Crippen LogP contribution in [0, 0.1) is 11.8 Å². The van der Waals surface area contributed by atoms with E-state index >= 15 is 0 Å². The molecule has 32 heavy (non-hydrogen) atoms. The molecule has 0 aromatic carbocycles. The van der Waals surface area contributed by atoms with Crippen molar-refractivity contribution in [1.82, 2.24) is 19.7 Å². The van der Waals surface area contributed by atoms with Crippen LogP contribution in [0.2, 0.25) is 0 Å². The first kappa shape index (κ1) is 21.5. The van der Waals surface area contributed by atoms with Crippen molar-refractivity contribution in [2.24, 2.45) is 11.8 Å². The Hall–Kier alpha value is -2.36. The molecule has 2 aromatic rings. The number of nitrogen functional groups attached to an aromatic ring is 1. The van der Waals surface area contributed by atoms with Crippen molar-refractivity contribution in [3.05, 3.63) is 24.0 Å². The number of nitrogens with two attached hydrogens (primary N) is 1. The molecule has 2 aromatic heterocycles. The van der Waals surface area contributed by atoms with Crippen LogP contribution in [0.25, 0.3) is 11.3 Å². The van der Waals surface area contributed by atoms with Gasteiger partial charge in [0.2, 0.25) is 0 Å². The topological polar surface area (TPSA) is 69.2 Å². The molecule has 2 saturated carbocycles. The molecule has 1 saturated heterocycles. The first-order valence-electron chi connectivity index (χ1n) is 11.0. The molecule has 0 spiro atoms. The SMILES string of the molecule is CC(C)n1nc(-c2cnc(N)c(OC(F)F)c2)cc1C1[C@H]2CC(N3CCC(F)(F)C3)C[C@@H]12. The molecule has 0 radical (unpaired) electrons. The number of halogens is 4. The minimum absolute atomic E-state index is 0.0430. The molecule has 5 rings (SSSR count). The highest BCUT2D eigenvalue weighted by atomic mass is 19.3. The summed E-state index contributed by atoms with van der Waals surface area (Å²) in [6.45, 7) is 1.44. The third-order valence-electron chi connectivity index (χ3n) is 7.12. The van der Waals surface area contributed by atoms with Crippen molar-refractivity contribution < 1.29 is 22.3 Å². The quantitative estimate of drug-likeness (QED) is 0.651. The van der Waals surface area contributed by atoms with Crippen LogP contribution in [-0.4, -0.2) is 51.3 Å². The second-order valence-electron chi connectivity index (χ2n) is 9.53. The number of anilines is 1. The number of rotatable bonds is 6. The summed E-state index contributed by atoms with van der Waals surface area (Å²) in [7, 11) is 0. The van der Waals surface area contributed by atoms with Gasteiger partial charge in [-0.3, -0.25) is 9.58 Å². The smallest absolute Gasteiger partial charge is 0.387 e. The summed E-state index contributed by atoms with van der Waals surface area (Å²) >= 11 is 0. The van der Waals surface area contributed by atoms with Crippen molar-refractivity contribution in [2.45, 2.75) is 63.6 Å². The van der Waals surface area contributed by atoms with Crippen LogP contribution >= 0.6 is 0 Å². The number of fused-ring (bicyclic) bond motifs is 1. The number of alkyl halides is 4. The molecule has 0 bridgehead atoms. The zero-order valence-corrected chi connectivity index (χ0v) is 18.0. The van der Waals surface area contributed by atoms with Crippen LogP contribution < -0.4 is 10.5 Å². The molecule has 2 N–H and O–H groups in total. The maximum Gasteiger partial charge on any atom is 0.387 e. The molecule has 174 valence electrons. The molecule has 2 unspecified atom stereocenters. The van der Waals surface area contributed by atoms with E-state index in [9.17, 15) is 17.6 Å². The number of hydrogen-bond donors (Lipinski definition) is 1. The fourth-order valence-electron chi connectivity index (χ4n) is 5.62. The first-order valence-corrected chi connectivity index (χ1v) is 11.0. The summed E-state index contributed by atoms with van der Waals surface area (Å²) in [6.07, 6.45) is 3.32. The third-order valence-corrected chi connectivity index (χ3v) is 7.12. The highest BCUT2D eigenvalue weighted by molar-refractivity contribution is 5.64. The van der Waals surface area contributed by atoms with Crippen molar-refractivity contribution >= 4 is 5.82 Å². The largest absolute Gasteiger partial charge is 0.431 e. The number of pyridine rings is 1. The van der Waals surface area contributed by atoms with Gasteiger partial charge in [-0.1, -0.05) is 0 Å². The van der Waals surface area contributed by atoms with Gasteiger partial charge in [-0.05, 0) is 50.7 Å². The normalized spacial score (nSPS) is 29.1. The van der Waals surface area contributed by atoms with E-state index < -0.39 is 12.5 Å². The first-order chi connectivity index (χ1) is 15.1. The molecule has 3 fully saturated rings. The average molecular weight is 453 g/mol. The van der Waals surface area contributed by atoms with Gasteiger partial charge >= 0.3 is 6.61 Å². The van der Waals surface area contributed by atoms with E-state index in [2.05, 4.69) is 9.72 Å². The van der Waals surface area contributed by atoms with Gasteiger partial charge in [-0.25, -0.2) is 13.8 Å². The van der Waals surface area contributed by atoms with Gasteiger partial charge < -0.3 is 10.5 Å². The van der Waals surface area contributed by atoms with E-state index in [1.807, 2.05) is 29.5 Å². The van der Waals surface area contributed by atoms with Crippen LogP contribution in [-0.2, 0) is 0 Å². The lowest BCUT2D eigenvalue weighted by molar-refractivity contribution is -0.0494. The highest BCUT2D eigenvalue weighted by Gasteiger charge is 2.59. The Morgan fingerprint density at radius 3 is 2.50 bits per heavy atom. The van der Waals surface area contributed by atoms with Crippen LogP contribution in [0.1, 0.15) is 50.8 Å². The second kappa shape index (κ2) is 7.60. The van der Waals surface area contributed by atoms with Crippen LogP contribution in [0.15, 0.2) is 18.3 Å². The van der Waals surface area contributed by atoms with Crippen molar-refractivity contribution in [1.29, 1.82) is 0 Å². The molecule has 3 heterocycles. The van der Waals surface area contributed by atoms with Gasteiger partial charge in [0.25, 0.3) is 5.92 Å². The lowest BCUT2D eigenvalue weighted by atomic mass is 10.0. The number of ether oxygens (including phenoxy) is 1. The molecular weight excluding hydrogens is 426 g/mol. The predicted octanol–water partition coefficient (Wildman–Crippen LogP) is 4.54. The van der Waals surface area contributed by atoms with Gasteiger partial charge in [0.15, 0.2) is 11.6 Å². The summed E-state index contributed by atoms with van der Waals surface area (Å²) in [4.78, 5) is 5.94. The lowest BCUT2D eigenvalue weighted by Crippen LogP contribution is -2.34. The van der Waals surface area contributed by atoms with Crippen molar-refractivity contribution in [2.75, 3.05) is 18.8 Å². The Kier molecular flexibility index (Phi) is 5.11. The minimum Gasteiger partial charge on any atom is -0.431 e. The molecule has 2 aliphatic carbocycles. The fourth-order valence-corrected chi connectivity index (χ4v) is 5.62. The molecule has 1 aliphatic heterocycles. The Morgan fingerprint density at radius 1 is 1.19 bits per heavy atom. The summed E-state index contributed by atoms with van der Waals surface area (Å²) in [5.74, 6) is -1.55. The average Bonchev–Trinajstić information content (AvgIpc) is 3.13. The zero-order chi connectivity index (χ0) is 22.8. The van der Waals surface area contributed by atoms with Crippen molar-refractivity contribution in [3.8, 4) is 17.0 Å². The van der Waals surface area contributed by atoms with Gasteiger partial charge in [0.1, 0.15) is 0 Å². The van der Waals surface area contributed by atoms with Crippen LogP contribution in [0.5, 0.6) is 5.75 Å². The lowest BCUT2D eigenvalue weighted by Gasteiger charge is -2.26. The predicted molar refractivity (Wildman–Crippen MR) is 111 cm³/mol. The maximum atomic E-state index is 13.6. The van der Waals surface area contributed by atoms with E-state index in [0.29, 0.717) is 35.6 Å². The summed E-state index contributed by atoms with van der Waals surface area (Å²) < 4.78 is 59.0. The summed E-state index contributed by atoms with van der Waals surface area (Å²) in [6, 6.07) is 3.77. The number of nitrogens with zero attached hydrogens (tertiary/aromatic N) is 4. The van der Waals surface area contributed by atoms with Crippen LogP contribution in [0.4, 0.5) is 23.4 Å². The van der Waals surface area contributed by atoms with Gasteiger partial charge in [-0.15, -0.1) is 0 Å². The van der Waals surface area contributed by atoms with Crippen molar-refractivity contribution in [3.63, 3.8) is 0 Å². The third kappa shape index (κ3) is 3.82. The van der Waals surface area contributed by atoms with E-state index in [1.165, 1.54) is 12.3 Å². The maximum absolute atomic E-state index is 13.6. The second-order valence-corrected chi connectivity index (χ2v) is 9.53. The number of hydrogen-bond acceptors (Lipinski definition) is 5. The van der Waals surface area contributed by atoms with E-state index in [4.69, 9.17) is 10.8 Å². The minimum atomic E-state index is -2.99. The van der Waals surface area contributed by atoms with E-state index in [0.717, 1.165) is 18.5 Å². The monoisotopic (exact) mass is 453 g/mol. The van der Waals surface area contributed by atoms with Gasteiger partial charge in [0.05, 0.1) is 12.2 Å². The van der Waals surface area contributed by atoms with Gasteiger partial charge in [0, 0.05) is 48.4 Å². The highest BCUT2D eigenvalue weighted by Crippen LogP contribution is 2.64. The zero-order valence-electron chi connectivity index (χ0n) is 18.0. The molecule has 0 amide bonds. The molecule has 6 nitrogen and oxygen atoms in total. The van der Waals surface area contributed by atoms with Crippen LogP contribution in [0.3, 0.4) is 0 Å². The van der Waals surface area contributed by atoms with E-state index in [-0.39, 0.29) is 36.6 Å². The molecule has 10 heteroatoms. The van der Waals surface area contributed by atoms with E-state index in [1.54, 1.807) is 0 Å². The molecular formula is C22H27F4N5O. The Balaban J connectivity index is 1.35. The van der Waals surface area contributed by atoms with Gasteiger partial charge in [-0.2, -0.15) is 13.9 Å².